The normalized spacial score (nSPS) is 28.8. The number of aromatic hydroxyl groups is 1. The summed E-state index contributed by atoms with van der Waals surface area (Å²) in [4.78, 5) is 14.7. The maximum atomic E-state index is 16.0. The predicted octanol–water partition coefficient (Wildman–Crippen LogP) is 4.93. The van der Waals surface area contributed by atoms with Crippen molar-refractivity contribution in [2.75, 3.05) is 11.2 Å². The number of nitrogens with one attached hydrogen (secondary N) is 1. The van der Waals surface area contributed by atoms with Crippen molar-refractivity contribution in [2.45, 2.75) is 86.9 Å². The van der Waals surface area contributed by atoms with Crippen LogP contribution in [0, 0.1) is 5.82 Å². The fourth-order valence-corrected chi connectivity index (χ4v) is 6.60. The average molecular weight is 540 g/mol. The number of rotatable bonds is 6. The van der Waals surface area contributed by atoms with E-state index < -0.39 is 17.5 Å². The Labute approximate surface area is 224 Å². The minimum Gasteiger partial charge on any atom is -0.507 e. The smallest absolute Gasteiger partial charge is 0.187 e. The van der Waals surface area contributed by atoms with Crippen molar-refractivity contribution < 1.29 is 13.9 Å². The molecule has 6 rings (SSSR count). The van der Waals surface area contributed by atoms with Crippen LogP contribution in [0.3, 0.4) is 0 Å². The van der Waals surface area contributed by atoms with Gasteiger partial charge in [0, 0.05) is 22.7 Å². The molecular weight excluding hydrogens is 508 g/mol. The van der Waals surface area contributed by atoms with Gasteiger partial charge in [-0.15, -0.1) is 10.2 Å². The molecule has 3 aliphatic rings. The van der Waals surface area contributed by atoms with E-state index >= 15 is 4.39 Å². The molecule has 200 valence electrons. The molecule has 2 aliphatic heterocycles. The van der Waals surface area contributed by atoms with Gasteiger partial charge in [-0.05, 0) is 70.8 Å². The van der Waals surface area contributed by atoms with Crippen LogP contribution in [0.25, 0.3) is 22.6 Å². The summed E-state index contributed by atoms with van der Waals surface area (Å²) in [6.45, 7) is 4.20. The summed E-state index contributed by atoms with van der Waals surface area (Å²) in [5.74, 6) is 0.100. The molecular formula is C27H31F2N7OS. The number of aromatic nitrogens is 5. The van der Waals surface area contributed by atoms with E-state index in [9.17, 15) is 9.50 Å². The van der Waals surface area contributed by atoms with Crippen molar-refractivity contribution in [2.24, 2.45) is 0 Å². The molecule has 4 heterocycles. The number of phenols is 1. The standard InChI is InChI=1S/C27H31F2N7OS/c1-26-9-4-10-27(2,35-26)23(29)19(12-26)36(16-6-7-16)21-14-30-24(34-33-21)17-8-5-15(11-20(17)37)22-18(28)13-31-25(32-22)38-3/h5,8,11,13-14,16,19,23,35,37H,4,6-7,9-10,12H2,1-3H3/t19-,23-,26-,27+/m0/s1. The van der Waals surface area contributed by atoms with E-state index in [0.717, 1.165) is 38.3 Å². The third-order valence-corrected chi connectivity index (χ3v) is 8.71. The van der Waals surface area contributed by atoms with Gasteiger partial charge in [0.2, 0.25) is 0 Å². The van der Waals surface area contributed by atoms with Crippen molar-refractivity contribution in [3.05, 3.63) is 36.4 Å². The minimum atomic E-state index is -1.04. The Morgan fingerprint density at radius 1 is 1.13 bits per heavy atom. The van der Waals surface area contributed by atoms with E-state index in [1.807, 2.05) is 6.92 Å². The second-order valence-electron chi connectivity index (χ2n) is 11.2. The molecule has 1 aromatic carbocycles. The summed E-state index contributed by atoms with van der Waals surface area (Å²) in [7, 11) is 0. The second-order valence-corrected chi connectivity index (χ2v) is 12.0. The number of nitrogens with zero attached hydrogens (tertiary/aromatic N) is 6. The summed E-state index contributed by atoms with van der Waals surface area (Å²) < 4.78 is 30.4. The number of thioether (sulfide) groups is 1. The van der Waals surface area contributed by atoms with Crippen molar-refractivity contribution in [1.29, 1.82) is 0 Å². The Balaban J connectivity index is 1.28. The molecule has 4 atom stereocenters. The summed E-state index contributed by atoms with van der Waals surface area (Å²) >= 11 is 1.30. The molecule has 8 nitrogen and oxygen atoms in total. The summed E-state index contributed by atoms with van der Waals surface area (Å²) in [5, 5.41) is 23.5. The molecule has 2 saturated heterocycles. The van der Waals surface area contributed by atoms with Gasteiger partial charge in [-0.2, -0.15) is 0 Å². The molecule has 11 heteroatoms. The molecule has 2 bridgehead atoms. The fourth-order valence-electron chi connectivity index (χ4n) is 6.26. The quantitative estimate of drug-likeness (QED) is 0.334. The fraction of sp³-hybridized carbons (Fsp3) is 0.519. The van der Waals surface area contributed by atoms with Crippen molar-refractivity contribution in [3.63, 3.8) is 0 Å². The van der Waals surface area contributed by atoms with E-state index in [4.69, 9.17) is 0 Å². The van der Waals surface area contributed by atoms with Crippen LogP contribution in [0.4, 0.5) is 14.6 Å². The third kappa shape index (κ3) is 4.49. The molecule has 3 aromatic rings. The Bertz CT molecular complexity index is 1360. The number of hydrogen-bond acceptors (Lipinski definition) is 9. The zero-order valence-electron chi connectivity index (χ0n) is 21.7. The predicted molar refractivity (Wildman–Crippen MR) is 142 cm³/mol. The summed E-state index contributed by atoms with van der Waals surface area (Å²) in [6, 6.07) is 4.63. The number of piperidine rings is 2. The largest absolute Gasteiger partial charge is 0.507 e. The molecule has 2 aromatic heterocycles. The van der Waals surface area contributed by atoms with Gasteiger partial charge in [-0.25, -0.2) is 23.7 Å². The van der Waals surface area contributed by atoms with Crippen LogP contribution >= 0.6 is 11.8 Å². The maximum Gasteiger partial charge on any atom is 0.187 e. The summed E-state index contributed by atoms with van der Waals surface area (Å²) in [5.41, 5.74) is 0.220. The number of benzene rings is 1. The van der Waals surface area contributed by atoms with Crippen LogP contribution in [0.2, 0.25) is 0 Å². The molecule has 0 unspecified atom stereocenters. The number of alkyl halides is 1. The molecule has 0 amide bonds. The number of anilines is 1. The van der Waals surface area contributed by atoms with Crippen LogP contribution < -0.4 is 10.2 Å². The first-order valence-corrected chi connectivity index (χ1v) is 14.2. The Morgan fingerprint density at radius 2 is 1.95 bits per heavy atom. The van der Waals surface area contributed by atoms with E-state index in [-0.39, 0.29) is 34.9 Å². The van der Waals surface area contributed by atoms with Crippen molar-refractivity contribution in [3.8, 4) is 28.4 Å². The first-order chi connectivity index (χ1) is 18.2. The van der Waals surface area contributed by atoms with Gasteiger partial charge < -0.3 is 15.3 Å². The lowest BCUT2D eigenvalue weighted by Crippen LogP contribution is -2.73. The Hall–Kier alpha value is -2.92. The van der Waals surface area contributed by atoms with Gasteiger partial charge in [0.25, 0.3) is 0 Å². The van der Waals surface area contributed by atoms with Crippen LogP contribution in [0.15, 0.2) is 35.7 Å². The zero-order chi connectivity index (χ0) is 26.7. The Kier molecular flexibility index (Phi) is 6.26. The molecule has 2 N–H and O–H groups in total. The monoisotopic (exact) mass is 539 g/mol. The van der Waals surface area contributed by atoms with Gasteiger partial charge in [-0.3, -0.25) is 0 Å². The lowest BCUT2D eigenvalue weighted by atomic mass is 9.68. The third-order valence-electron chi connectivity index (χ3n) is 8.15. The average Bonchev–Trinajstić information content (AvgIpc) is 3.73. The topological polar surface area (TPSA) is 100.0 Å². The highest BCUT2D eigenvalue weighted by Gasteiger charge is 2.55. The first kappa shape index (κ1) is 25.4. The zero-order valence-corrected chi connectivity index (χ0v) is 22.5. The van der Waals surface area contributed by atoms with Gasteiger partial charge in [0.1, 0.15) is 17.6 Å². The molecule has 38 heavy (non-hydrogen) atoms. The number of fused-ring (bicyclic) bond motifs is 2. The van der Waals surface area contributed by atoms with Crippen LogP contribution in [-0.4, -0.2) is 65.8 Å². The van der Waals surface area contributed by atoms with E-state index in [1.165, 1.54) is 17.8 Å². The van der Waals surface area contributed by atoms with E-state index in [2.05, 4.69) is 42.3 Å². The number of hydrogen-bond donors (Lipinski definition) is 2. The first-order valence-electron chi connectivity index (χ1n) is 13.0. The van der Waals surface area contributed by atoms with Gasteiger partial charge in [0.15, 0.2) is 22.6 Å². The molecule has 1 saturated carbocycles. The molecule has 0 spiro atoms. The van der Waals surface area contributed by atoms with Gasteiger partial charge in [-0.1, -0.05) is 17.8 Å². The molecule has 1 aliphatic carbocycles. The van der Waals surface area contributed by atoms with Crippen molar-refractivity contribution in [1.82, 2.24) is 30.5 Å². The highest BCUT2D eigenvalue weighted by molar-refractivity contribution is 7.98. The molecule has 0 radical (unpaired) electrons. The lowest BCUT2D eigenvalue weighted by molar-refractivity contribution is 0.000258. The minimum absolute atomic E-state index is 0.107. The Morgan fingerprint density at radius 3 is 2.63 bits per heavy atom. The van der Waals surface area contributed by atoms with Crippen LogP contribution in [0.1, 0.15) is 52.4 Å². The van der Waals surface area contributed by atoms with Gasteiger partial charge >= 0.3 is 0 Å². The van der Waals surface area contributed by atoms with Crippen molar-refractivity contribution >= 4 is 17.6 Å². The SMILES string of the molecule is CSc1ncc(F)c(-c2ccc(-c3ncc(N(C4CC4)[C@H]4C[C@]5(C)CCC[C@@](C)(N5)[C@H]4F)nn3)c(O)c2)n1. The van der Waals surface area contributed by atoms with Crippen LogP contribution in [-0.2, 0) is 0 Å². The summed E-state index contributed by atoms with van der Waals surface area (Å²) in [6.07, 6.45) is 9.06. The highest BCUT2D eigenvalue weighted by atomic mass is 32.2. The van der Waals surface area contributed by atoms with Crippen LogP contribution in [0.5, 0.6) is 5.75 Å². The van der Waals surface area contributed by atoms with E-state index in [1.54, 1.807) is 24.6 Å². The lowest BCUT2D eigenvalue weighted by Gasteiger charge is -2.57. The second kappa shape index (κ2) is 9.37. The molecule has 3 fully saturated rings. The highest BCUT2D eigenvalue weighted by Crippen LogP contribution is 2.46. The number of halogens is 2. The van der Waals surface area contributed by atoms with Gasteiger partial charge in [0.05, 0.1) is 24.0 Å². The maximum absolute atomic E-state index is 16.0. The van der Waals surface area contributed by atoms with E-state index in [0.29, 0.717) is 28.5 Å². The number of phenolic OH excluding ortho intramolecular Hbond substituents is 1.